The molecule has 2 N–H and O–H groups in total. The van der Waals surface area contributed by atoms with Crippen molar-refractivity contribution in [3.05, 3.63) is 65.9 Å². The average molecular weight is 265 g/mol. The standard InChI is InChI=1S/C17H17N2O/c18-9-8-14-11-19-17-7-6-15(10-16(14)17)20-12-13-4-2-1-3-5-13/h1-7,10-11H,8-9,12,18H2. The third-order valence-corrected chi connectivity index (χ3v) is 3.34. The Morgan fingerprint density at radius 1 is 1.05 bits per heavy atom. The smallest absolute Gasteiger partial charge is 0.120 e. The van der Waals surface area contributed by atoms with Gasteiger partial charge in [0.1, 0.15) is 12.4 Å². The first-order chi connectivity index (χ1) is 9.86. The zero-order valence-electron chi connectivity index (χ0n) is 11.3. The van der Waals surface area contributed by atoms with E-state index in [1.807, 2.05) is 36.5 Å². The summed E-state index contributed by atoms with van der Waals surface area (Å²) >= 11 is 0. The molecule has 3 nitrogen and oxygen atoms in total. The Morgan fingerprint density at radius 2 is 1.90 bits per heavy atom. The Kier molecular flexibility index (Phi) is 3.70. The number of ether oxygens (including phenoxy) is 1. The van der Waals surface area contributed by atoms with E-state index in [2.05, 4.69) is 23.5 Å². The van der Waals surface area contributed by atoms with Crippen LogP contribution >= 0.6 is 0 Å². The van der Waals surface area contributed by atoms with Gasteiger partial charge in [0.2, 0.25) is 0 Å². The van der Waals surface area contributed by atoms with E-state index in [1.54, 1.807) is 0 Å². The molecule has 0 amide bonds. The second kappa shape index (κ2) is 5.80. The van der Waals surface area contributed by atoms with Gasteiger partial charge in [-0.2, -0.15) is 0 Å². The maximum atomic E-state index is 5.84. The first kappa shape index (κ1) is 12.8. The van der Waals surface area contributed by atoms with Crippen LogP contribution in [0.15, 0.2) is 54.7 Å². The first-order valence-corrected chi connectivity index (χ1v) is 6.78. The summed E-state index contributed by atoms with van der Waals surface area (Å²) in [5.41, 5.74) is 10.1. The van der Waals surface area contributed by atoms with Crippen molar-refractivity contribution in [1.82, 2.24) is 5.32 Å². The fraction of sp³-hybridized carbons (Fsp3) is 0.176. The molecule has 1 heterocycles. The molecular weight excluding hydrogens is 248 g/mol. The number of nitrogens with two attached hydrogens (primary N) is 1. The monoisotopic (exact) mass is 265 g/mol. The summed E-state index contributed by atoms with van der Waals surface area (Å²) in [4.78, 5) is 0. The van der Waals surface area contributed by atoms with Crippen LogP contribution in [0.2, 0.25) is 0 Å². The largest absolute Gasteiger partial charge is 0.489 e. The van der Waals surface area contributed by atoms with Crippen LogP contribution in [0.5, 0.6) is 5.75 Å². The van der Waals surface area contributed by atoms with E-state index in [9.17, 15) is 0 Å². The van der Waals surface area contributed by atoms with Crippen molar-refractivity contribution in [3.8, 4) is 5.75 Å². The summed E-state index contributed by atoms with van der Waals surface area (Å²) in [6.45, 7) is 1.21. The Labute approximate surface area is 119 Å². The topological polar surface area (TPSA) is 49.4 Å². The molecule has 101 valence electrons. The summed E-state index contributed by atoms with van der Waals surface area (Å²) in [5.74, 6) is 0.868. The third-order valence-electron chi connectivity index (χ3n) is 3.34. The van der Waals surface area contributed by atoms with Crippen molar-refractivity contribution in [2.75, 3.05) is 6.54 Å². The lowest BCUT2D eigenvalue weighted by atomic mass is 10.0. The van der Waals surface area contributed by atoms with Gasteiger partial charge in [0.15, 0.2) is 0 Å². The van der Waals surface area contributed by atoms with Crippen LogP contribution < -0.4 is 15.8 Å². The highest BCUT2D eigenvalue weighted by Gasteiger charge is 2.15. The summed E-state index contributed by atoms with van der Waals surface area (Å²) < 4.78 is 5.84. The lowest BCUT2D eigenvalue weighted by Crippen LogP contribution is -1.99. The highest BCUT2D eigenvalue weighted by atomic mass is 16.5. The van der Waals surface area contributed by atoms with Crippen molar-refractivity contribution >= 4 is 11.3 Å². The molecule has 2 aromatic carbocycles. The second-order valence-electron chi connectivity index (χ2n) is 4.78. The Bertz CT molecular complexity index is 620. The highest BCUT2D eigenvalue weighted by molar-refractivity contribution is 5.80. The second-order valence-corrected chi connectivity index (χ2v) is 4.78. The lowest BCUT2D eigenvalue weighted by Gasteiger charge is -2.09. The SMILES string of the molecule is NCCC1=C[N]c2ccc(OCc3ccccc3)cc21. The molecule has 0 bridgehead atoms. The van der Waals surface area contributed by atoms with E-state index in [1.165, 1.54) is 5.57 Å². The quantitative estimate of drug-likeness (QED) is 0.902. The van der Waals surface area contributed by atoms with Crippen LogP contribution in [0.4, 0.5) is 5.69 Å². The van der Waals surface area contributed by atoms with Crippen LogP contribution in [-0.4, -0.2) is 6.54 Å². The molecule has 20 heavy (non-hydrogen) atoms. The molecule has 0 unspecified atom stereocenters. The molecule has 1 aliphatic rings. The van der Waals surface area contributed by atoms with Gasteiger partial charge in [-0.3, -0.25) is 5.32 Å². The molecule has 0 aromatic heterocycles. The lowest BCUT2D eigenvalue weighted by molar-refractivity contribution is 0.306. The Balaban J connectivity index is 1.73. The fourth-order valence-corrected chi connectivity index (χ4v) is 2.29. The number of benzene rings is 2. The van der Waals surface area contributed by atoms with E-state index >= 15 is 0 Å². The molecular formula is C17H17N2O. The van der Waals surface area contributed by atoms with Crippen molar-refractivity contribution in [2.45, 2.75) is 13.0 Å². The Hall–Kier alpha value is -2.26. The zero-order chi connectivity index (χ0) is 13.8. The summed E-state index contributed by atoms with van der Waals surface area (Å²) in [5, 5.41) is 4.39. The molecule has 1 aliphatic heterocycles. The predicted molar refractivity (Wildman–Crippen MR) is 80.7 cm³/mol. The van der Waals surface area contributed by atoms with E-state index in [0.717, 1.165) is 29.0 Å². The van der Waals surface area contributed by atoms with Crippen LogP contribution in [0.1, 0.15) is 17.5 Å². The van der Waals surface area contributed by atoms with Gasteiger partial charge < -0.3 is 10.5 Å². The van der Waals surface area contributed by atoms with Gasteiger partial charge in [0.05, 0.1) is 5.69 Å². The minimum absolute atomic E-state index is 0.576. The minimum Gasteiger partial charge on any atom is -0.489 e. The third kappa shape index (κ3) is 2.68. The van der Waals surface area contributed by atoms with Crippen molar-refractivity contribution in [2.24, 2.45) is 5.73 Å². The van der Waals surface area contributed by atoms with Crippen molar-refractivity contribution < 1.29 is 4.74 Å². The van der Waals surface area contributed by atoms with Crippen LogP contribution in [0.3, 0.4) is 0 Å². The number of hydrogen-bond acceptors (Lipinski definition) is 2. The van der Waals surface area contributed by atoms with Crippen LogP contribution in [-0.2, 0) is 6.61 Å². The van der Waals surface area contributed by atoms with Gasteiger partial charge in [-0.25, -0.2) is 0 Å². The van der Waals surface area contributed by atoms with E-state index < -0.39 is 0 Å². The van der Waals surface area contributed by atoms with Crippen LogP contribution in [0, 0.1) is 0 Å². The molecule has 2 aromatic rings. The average Bonchev–Trinajstić information content (AvgIpc) is 2.89. The predicted octanol–water partition coefficient (Wildman–Crippen LogP) is 3.20. The minimum atomic E-state index is 0.576. The number of fused-ring (bicyclic) bond motifs is 1. The van der Waals surface area contributed by atoms with E-state index in [4.69, 9.17) is 10.5 Å². The van der Waals surface area contributed by atoms with Gasteiger partial charge in [-0.15, -0.1) is 0 Å². The molecule has 0 spiro atoms. The maximum absolute atomic E-state index is 5.84. The van der Waals surface area contributed by atoms with Gasteiger partial charge >= 0.3 is 0 Å². The molecule has 3 rings (SSSR count). The molecule has 1 radical (unpaired) electrons. The summed E-state index contributed by atoms with van der Waals surface area (Å²) in [7, 11) is 0. The fourth-order valence-electron chi connectivity index (χ4n) is 2.29. The first-order valence-electron chi connectivity index (χ1n) is 6.78. The normalized spacial score (nSPS) is 12.6. The van der Waals surface area contributed by atoms with Crippen molar-refractivity contribution in [1.29, 1.82) is 0 Å². The van der Waals surface area contributed by atoms with Gasteiger partial charge in [-0.1, -0.05) is 30.3 Å². The van der Waals surface area contributed by atoms with Gasteiger partial charge in [-0.05, 0) is 42.3 Å². The zero-order valence-corrected chi connectivity index (χ0v) is 11.3. The molecule has 0 saturated heterocycles. The van der Waals surface area contributed by atoms with Crippen LogP contribution in [0.25, 0.3) is 5.57 Å². The molecule has 0 aliphatic carbocycles. The maximum Gasteiger partial charge on any atom is 0.120 e. The number of hydrogen-bond donors (Lipinski definition) is 1. The van der Waals surface area contributed by atoms with Crippen molar-refractivity contribution in [3.63, 3.8) is 0 Å². The Morgan fingerprint density at radius 3 is 2.70 bits per heavy atom. The highest BCUT2D eigenvalue weighted by Crippen LogP contribution is 2.34. The van der Waals surface area contributed by atoms with E-state index in [0.29, 0.717) is 13.2 Å². The molecule has 0 atom stereocenters. The summed E-state index contributed by atoms with van der Waals surface area (Å²) in [6.07, 6.45) is 2.75. The summed E-state index contributed by atoms with van der Waals surface area (Å²) in [6, 6.07) is 16.2. The van der Waals surface area contributed by atoms with Gasteiger partial charge in [0, 0.05) is 11.8 Å². The van der Waals surface area contributed by atoms with Gasteiger partial charge in [0.25, 0.3) is 0 Å². The molecule has 3 heteroatoms. The van der Waals surface area contributed by atoms with E-state index in [-0.39, 0.29) is 0 Å². The molecule has 0 saturated carbocycles. The number of nitrogens with zero attached hydrogens (tertiary/aromatic N) is 1. The number of rotatable bonds is 5. The molecule has 0 fully saturated rings.